The summed E-state index contributed by atoms with van der Waals surface area (Å²) in [6.07, 6.45) is 0. The lowest BCUT2D eigenvalue weighted by Crippen LogP contribution is -2.20. The molecule has 0 aliphatic rings. The molecule has 0 bridgehead atoms. The van der Waals surface area contributed by atoms with E-state index in [1.54, 1.807) is 0 Å². The van der Waals surface area contributed by atoms with Gasteiger partial charge in [0.25, 0.3) is 11.6 Å². The summed E-state index contributed by atoms with van der Waals surface area (Å²) < 4.78 is 10.1. The van der Waals surface area contributed by atoms with Crippen molar-refractivity contribution in [2.24, 2.45) is 0 Å². The fourth-order valence-electron chi connectivity index (χ4n) is 1.92. The van der Waals surface area contributed by atoms with E-state index < -0.39 is 15.8 Å². The third-order valence-corrected chi connectivity index (χ3v) is 3.08. The van der Waals surface area contributed by atoms with Crippen molar-refractivity contribution in [3.8, 4) is 11.5 Å². The van der Waals surface area contributed by atoms with Crippen LogP contribution in [-0.2, 0) is 4.79 Å². The van der Waals surface area contributed by atoms with Gasteiger partial charge in [-0.25, -0.2) is 0 Å². The number of methoxy groups -OCH3 is 1. The minimum absolute atomic E-state index is 0.0742. The van der Waals surface area contributed by atoms with Crippen LogP contribution < -0.4 is 14.8 Å². The zero-order valence-corrected chi connectivity index (χ0v) is 13.0. The van der Waals surface area contributed by atoms with Crippen LogP contribution >= 0.6 is 0 Å². The molecule has 0 fully saturated rings. The van der Waals surface area contributed by atoms with Gasteiger partial charge in [-0.1, -0.05) is 0 Å². The number of carbonyl (C=O) groups is 1. The second-order valence-corrected chi connectivity index (χ2v) is 4.73. The largest absolute Gasteiger partial charge is 0.490 e. The summed E-state index contributed by atoms with van der Waals surface area (Å²) in [5.41, 5.74) is -0.163. The quantitative estimate of drug-likeness (QED) is 0.600. The molecule has 2 rings (SSSR count). The van der Waals surface area contributed by atoms with E-state index in [1.807, 2.05) is 0 Å². The number of hydrogen-bond donors (Lipinski definition) is 1. The van der Waals surface area contributed by atoms with Crippen molar-refractivity contribution in [2.45, 2.75) is 0 Å². The van der Waals surface area contributed by atoms with Crippen molar-refractivity contribution < 1.29 is 24.1 Å². The lowest BCUT2D eigenvalue weighted by molar-refractivity contribution is -0.385. The van der Waals surface area contributed by atoms with Gasteiger partial charge in [-0.3, -0.25) is 25.0 Å². The van der Waals surface area contributed by atoms with E-state index in [0.29, 0.717) is 0 Å². The number of nitrogens with zero attached hydrogens (tertiary/aromatic N) is 2. The van der Waals surface area contributed by atoms with Crippen molar-refractivity contribution in [2.75, 3.05) is 19.0 Å². The van der Waals surface area contributed by atoms with Gasteiger partial charge in [-0.2, -0.15) is 0 Å². The molecule has 10 heteroatoms. The second kappa shape index (κ2) is 7.73. The van der Waals surface area contributed by atoms with Gasteiger partial charge in [-0.15, -0.1) is 0 Å². The molecule has 0 spiro atoms. The molecule has 0 aromatic heterocycles. The van der Waals surface area contributed by atoms with Crippen LogP contribution in [0.2, 0.25) is 0 Å². The maximum atomic E-state index is 11.9. The monoisotopic (exact) mass is 347 g/mol. The van der Waals surface area contributed by atoms with Crippen LogP contribution in [-0.4, -0.2) is 29.5 Å². The lowest BCUT2D eigenvalue weighted by Gasteiger charge is -2.08. The van der Waals surface area contributed by atoms with Crippen LogP contribution in [0.25, 0.3) is 0 Å². The van der Waals surface area contributed by atoms with Crippen molar-refractivity contribution in [3.05, 3.63) is 62.7 Å². The fourth-order valence-corrected chi connectivity index (χ4v) is 1.92. The number of benzene rings is 2. The smallest absolute Gasteiger partial charge is 0.312 e. The Labute approximate surface area is 141 Å². The maximum Gasteiger partial charge on any atom is 0.312 e. The third-order valence-electron chi connectivity index (χ3n) is 3.08. The average Bonchev–Trinajstić information content (AvgIpc) is 2.60. The van der Waals surface area contributed by atoms with Gasteiger partial charge in [0, 0.05) is 23.9 Å². The number of anilines is 1. The number of nitro benzene ring substituents is 2. The Morgan fingerprint density at radius 1 is 1.08 bits per heavy atom. The summed E-state index contributed by atoms with van der Waals surface area (Å²) in [5.74, 6) is -0.190. The van der Waals surface area contributed by atoms with E-state index in [1.165, 1.54) is 49.6 Å². The molecule has 2 aromatic rings. The zero-order chi connectivity index (χ0) is 18.4. The maximum absolute atomic E-state index is 11.9. The topological polar surface area (TPSA) is 134 Å². The molecule has 1 N–H and O–H groups in total. The van der Waals surface area contributed by atoms with E-state index in [2.05, 4.69) is 5.32 Å². The Morgan fingerprint density at radius 3 is 2.32 bits per heavy atom. The van der Waals surface area contributed by atoms with Crippen LogP contribution in [0, 0.1) is 20.2 Å². The highest BCUT2D eigenvalue weighted by Gasteiger charge is 2.16. The van der Waals surface area contributed by atoms with E-state index in [0.717, 1.165) is 0 Å². The van der Waals surface area contributed by atoms with Crippen LogP contribution in [0.5, 0.6) is 11.5 Å². The molecule has 2 aromatic carbocycles. The number of nitro groups is 2. The van der Waals surface area contributed by atoms with Gasteiger partial charge < -0.3 is 14.8 Å². The highest BCUT2D eigenvalue weighted by atomic mass is 16.6. The number of amides is 1. The lowest BCUT2D eigenvalue weighted by atomic mass is 10.2. The Bertz CT molecular complexity index is 805. The molecular weight excluding hydrogens is 334 g/mol. The number of hydrogen-bond acceptors (Lipinski definition) is 7. The number of carbonyl (C=O) groups excluding carboxylic acids is 1. The minimum Gasteiger partial charge on any atom is -0.490 e. The van der Waals surface area contributed by atoms with Gasteiger partial charge in [0.15, 0.2) is 12.4 Å². The fraction of sp³-hybridized carbons (Fsp3) is 0.133. The summed E-state index contributed by atoms with van der Waals surface area (Å²) >= 11 is 0. The average molecular weight is 347 g/mol. The number of ether oxygens (including phenoxy) is 2. The van der Waals surface area contributed by atoms with E-state index >= 15 is 0 Å². The normalized spacial score (nSPS) is 9.96. The third kappa shape index (κ3) is 4.64. The Morgan fingerprint density at radius 2 is 1.76 bits per heavy atom. The van der Waals surface area contributed by atoms with Crippen LogP contribution in [0.4, 0.5) is 17.1 Å². The molecule has 0 heterocycles. The highest BCUT2D eigenvalue weighted by molar-refractivity contribution is 5.92. The molecule has 130 valence electrons. The van der Waals surface area contributed by atoms with Crippen molar-refractivity contribution >= 4 is 23.0 Å². The molecule has 0 aliphatic heterocycles. The number of non-ortho nitro benzene ring substituents is 1. The molecule has 10 nitrogen and oxygen atoms in total. The van der Waals surface area contributed by atoms with E-state index in [9.17, 15) is 25.0 Å². The van der Waals surface area contributed by atoms with Gasteiger partial charge in [0.1, 0.15) is 5.75 Å². The molecule has 25 heavy (non-hydrogen) atoms. The molecule has 0 aliphatic carbocycles. The molecule has 0 atom stereocenters. The van der Waals surface area contributed by atoms with Gasteiger partial charge >= 0.3 is 5.69 Å². The predicted octanol–water partition coefficient (Wildman–Crippen LogP) is 2.53. The SMILES string of the molecule is COc1ccc(NC(=O)COc2ccc([N+](=O)[O-])cc2)cc1[N+](=O)[O-]. The van der Waals surface area contributed by atoms with E-state index in [4.69, 9.17) is 9.47 Å². The Hall–Kier alpha value is -3.69. The Kier molecular flexibility index (Phi) is 5.46. The predicted molar refractivity (Wildman–Crippen MR) is 86.9 cm³/mol. The number of rotatable bonds is 7. The van der Waals surface area contributed by atoms with Gasteiger partial charge in [-0.05, 0) is 24.3 Å². The zero-order valence-electron chi connectivity index (χ0n) is 13.0. The first-order valence-corrected chi connectivity index (χ1v) is 6.90. The summed E-state index contributed by atoms with van der Waals surface area (Å²) in [7, 11) is 1.30. The first kappa shape index (κ1) is 17.7. The van der Waals surface area contributed by atoms with Crippen molar-refractivity contribution in [1.29, 1.82) is 0 Å². The van der Waals surface area contributed by atoms with E-state index in [-0.39, 0.29) is 35.2 Å². The standard InChI is InChI=1S/C15H13N3O7/c1-24-14-7-2-10(8-13(14)18(22)23)16-15(19)9-25-12-5-3-11(4-6-12)17(20)21/h2-8H,9H2,1H3,(H,16,19). The highest BCUT2D eigenvalue weighted by Crippen LogP contribution is 2.29. The molecule has 1 amide bonds. The minimum atomic E-state index is -0.623. The second-order valence-electron chi connectivity index (χ2n) is 4.73. The first-order valence-electron chi connectivity index (χ1n) is 6.90. The summed E-state index contributed by atoms with van der Waals surface area (Å²) in [6, 6.07) is 9.22. The first-order chi connectivity index (χ1) is 11.9. The number of nitrogens with one attached hydrogen (secondary N) is 1. The molecule has 0 unspecified atom stereocenters. The van der Waals surface area contributed by atoms with Crippen molar-refractivity contribution in [3.63, 3.8) is 0 Å². The summed E-state index contributed by atoms with van der Waals surface area (Å²) in [4.78, 5) is 32.2. The summed E-state index contributed by atoms with van der Waals surface area (Å²) in [6.45, 7) is -0.363. The van der Waals surface area contributed by atoms with Crippen molar-refractivity contribution in [1.82, 2.24) is 0 Å². The van der Waals surface area contributed by atoms with Crippen LogP contribution in [0.15, 0.2) is 42.5 Å². The molecular formula is C15H13N3O7. The Balaban J connectivity index is 1.97. The van der Waals surface area contributed by atoms with Crippen LogP contribution in [0.3, 0.4) is 0 Å². The van der Waals surface area contributed by atoms with Gasteiger partial charge in [0.2, 0.25) is 0 Å². The van der Waals surface area contributed by atoms with Crippen LogP contribution in [0.1, 0.15) is 0 Å². The molecule has 0 saturated carbocycles. The summed E-state index contributed by atoms with van der Waals surface area (Å²) in [5, 5.41) is 23.9. The van der Waals surface area contributed by atoms with Gasteiger partial charge in [0.05, 0.1) is 17.0 Å². The molecule has 0 saturated heterocycles. The molecule has 0 radical (unpaired) electrons.